The minimum absolute atomic E-state index is 0.388. The molecule has 80 valence electrons. The van der Waals surface area contributed by atoms with E-state index in [-0.39, 0.29) is 0 Å². The van der Waals surface area contributed by atoms with Crippen molar-refractivity contribution in [3.05, 3.63) is 12.4 Å². The summed E-state index contributed by atoms with van der Waals surface area (Å²) < 4.78 is 25.1. The molecule has 0 radical (unpaired) electrons. The minimum atomic E-state index is -3.11. The van der Waals surface area contributed by atoms with E-state index in [1.54, 1.807) is 17.0 Å². The Hall–Kier alpha value is -1.08. The Balaban J connectivity index is 2.54. The number of nitrogens with zero attached hydrogens (tertiary/aromatic N) is 3. The number of sulfonamides is 1. The number of nitrogen functional groups attached to an aromatic ring is 1. The minimum Gasteiger partial charge on any atom is -0.369 e. The molecule has 0 unspecified atom stereocenters. The molecule has 1 aromatic rings. The van der Waals surface area contributed by atoms with Gasteiger partial charge in [0.2, 0.25) is 10.0 Å². The zero-order chi connectivity index (χ0) is 10.8. The van der Waals surface area contributed by atoms with Gasteiger partial charge in [-0.15, -0.1) is 0 Å². The van der Waals surface area contributed by atoms with Crippen molar-refractivity contribution in [3.8, 4) is 0 Å². The first-order chi connectivity index (χ1) is 6.41. The van der Waals surface area contributed by atoms with E-state index in [0.29, 0.717) is 19.0 Å². The standard InChI is InChI=1S/C7H14N4O2S/c1-10(14(2,12)13)5-6-11-4-3-9-7(11)8/h3-4H,5-6H2,1-2H3,(H2,8,9). The Kier molecular flexibility index (Phi) is 3.12. The van der Waals surface area contributed by atoms with Crippen LogP contribution in [0.3, 0.4) is 0 Å². The highest BCUT2D eigenvalue weighted by Gasteiger charge is 2.10. The molecule has 1 aromatic heterocycles. The van der Waals surface area contributed by atoms with Gasteiger partial charge in [-0.25, -0.2) is 17.7 Å². The summed E-state index contributed by atoms with van der Waals surface area (Å²) in [5.41, 5.74) is 5.52. The molecule has 0 aliphatic carbocycles. The van der Waals surface area contributed by atoms with E-state index in [2.05, 4.69) is 4.98 Å². The van der Waals surface area contributed by atoms with Gasteiger partial charge in [0.25, 0.3) is 0 Å². The average molecular weight is 218 g/mol. The number of anilines is 1. The molecule has 1 heterocycles. The molecule has 0 aliphatic rings. The van der Waals surface area contributed by atoms with Gasteiger partial charge in [-0.2, -0.15) is 0 Å². The molecule has 6 nitrogen and oxygen atoms in total. The third-order valence-corrected chi connectivity index (χ3v) is 3.28. The van der Waals surface area contributed by atoms with Gasteiger partial charge in [-0.3, -0.25) is 0 Å². The van der Waals surface area contributed by atoms with Crippen LogP contribution in [0.25, 0.3) is 0 Å². The summed E-state index contributed by atoms with van der Waals surface area (Å²) in [6, 6.07) is 0. The second-order valence-corrected chi connectivity index (χ2v) is 5.15. The number of imidazole rings is 1. The summed E-state index contributed by atoms with van der Waals surface area (Å²) in [5, 5.41) is 0. The Morgan fingerprint density at radius 1 is 1.64 bits per heavy atom. The van der Waals surface area contributed by atoms with Gasteiger partial charge in [0.05, 0.1) is 6.26 Å². The van der Waals surface area contributed by atoms with Gasteiger partial charge >= 0.3 is 0 Å². The molecule has 2 N–H and O–H groups in total. The maximum absolute atomic E-state index is 11.0. The lowest BCUT2D eigenvalue weighted by atomic mass is 10.6. The van der Waals surface area contributed by atoms with E-state index in [0.717, 1.165) is 0 Å². The van der Waals surface area contributed by atoms with E-state index in [9.17, 15) is 8.42 Å². The molecule has 14 heavy (non-hydrogen) atoms. The molecule has 0 amide bonds. The van der Waals surface area contributed by atoms with Crippen molar-refractivity contribution in [2.24, 2.45) is 0 Å². The van der Waals surface area contributed by atoms with Crippen LogP contribution >= 0.6 is 0 Å². The van der Waals surface area contributed by atoms with Crippen molar-refractivity contribution in [2.75, 3.05) is 25.6 Å². The van der Waals surface area contributed by atoms with Crippen LogP contribution in [0.15, 0.2) is 12.4 Å². The third-order valence-electron chi connectivity index (χ3n) is 1.97. The molecule has 0 fully saturated rings. The zero-order valence-corrected chi connectivity index (χ0v) is 9.03. The fraction of sp³-hybridized carbons (Fsp3) is 0.571. The van der Waals surface area contributed by atoms with Gasteiger partial charge in [0.1, 0.15) is 0 Å². The molecule has 0 saturated carbocycles. The lowest BCUT2D eigenvalue weighted by molar-refractivity contribution is 0.451. The first-order valence-electron chi connectivity index (χ1n) is 4.09. The highest BCUT2D eigenvalue weighted by Crippen LogP contribution is 2.00. The normalized spacial score (nSPS) is 12.2. The highest BCUT2D eigenvalue weighted by atomic mass is 32.2. The molecular formula is C7H14N4O2S. The third kappa shape index (κ3) is 2.71. The maximum atomic E-state index is 11.0. The molecule has 0 saturated heterocycles. The van der Waals surface area contributed by atoms with E-state index in [4.69, 9.17) is 5.73 Å². The number of rotatable bonds is 4. The number of nitrogens with two attached hydrogens (primary N) is 1. The van der Waals surface area contributed by atoms with Gasteiger partial charge in [-0.1, -0.05) is 0 Å². The quantitative estimate of drug-likeness (QED) is 0.728. The molecule has 1 rings (SSSR count). The summed E-state index contributed by atoms with van der Waals surface area (Å²) in [5.74, 6) is 0.395. The molecule has 0 atom stereocenters. The van der Waals surface area contributed by atoms with Crippen molar-refractivity contribution >= 4 is 16.0 Å². The number of aromatic nitrogens is 2. The number of hydrogen-bond donors (Lipinski definition) is 1. The summed E-state index contributed by atoms with van der Waals surface area (Å²) in [6.45, 7) is 0.898. The maximum Gasteiger partial charge on any atom is 0.211 e. The van der Waals surface area contributed by atoms with Crippen LogP contribution in [0.2, 0.25) is 0 Å². The largest absolute Gasteiger partial charge is 0.369 e. The van der Waals surface area contributed by atoms with Gasteiger partial charge in [0.15, 0.2) is 5.95 Å². The van der Waals surface area contributed by atoms with Crippen LogP contribution in [-0.4, -0.2) is 42.1 Å². The van der Waals surface area contributed by atoms with Crippen molar-refractivity contribution in [1.82, 2.24) is 13.9 Å². The fourth-order valence-electron chi connectivity index (χ4n) is 0.944. The van der Waals surface area contributed by atoms with Crippen molar-refractivity contribution in [2.45, 2.75) is 6.54 Å². The summed E-state index contributed by atoms with van der Waals surface area (Å²) in [4.78, 5) is 3.83. The SMILES string of the molecule is CN(CCn1ccnc1N)S(C)(=O)=O. The Morgan fingerprint density at radius 2 is 2.29 bits per heavy atom. The van der Waals surface area contributed by atoms with Crippen molar-refractivity contribution in [1.29, 1.82) is 0 Å². The lowest BCUT2D eigenvalue weighted by Crippen LogP contribution is -2.29. The molecule has 0 bridgehead atoms. The van der Waals surface area contributed by atoms with Crippen molar-refractivity contribution < 1.29 is 8.42 Å². The number of likely N-dealkylation sites (N-methyl/N-ethyl adjacent to an activating group) is 1. The second-order valence-electron chi connectivity index (χ2n) is 3.06. The highest BCUT2D eigenvalue weighted by molar-refractivity contribution is 7.88. The van der Waals surface area contributed by atoms with Crippen LogP contribution in [0.5, 0.6) is 0 Å². The van der Waals surface area contributed by atoms with Crippen LogP contribution in [0.1, 0.15) is 0 Å². The number of hydrogen-bond acceptors (Lipinski definition) is 4. The van der Waals surface area contributed by atoms with Crippen LogP contribution < -0.4 is 5.73 Å². The van der Waals surface area contributed by atoms with E-state index >= 15 is 0 Å². The summed E-state index contributed by atoms with van der Waals surface area (Å²) >= 11 is 0. The molecule has 0 aliphatic heterocycles. The van der Waals surface area contributed by atoms with Crippen LogP contribution in [-0.2, 0) is 16.6 Å². The van der Waals surface area contributed by atoms with Gasteiger partial charge in [0, 0.05) is 32.5 Å². The molecule has 0 spiro atoms. The molecule has 7 heteroatoms. The summed E-state index contributed by atoms with van der Waals surface area (Å²) in [6.07, 6.45) is 4.46. The summed E-state index contributed by atoms with van der Waals surface area (Å²) in [7, 11) is -1.58. The van der Waals surface area contributed by atoms with E-state index < -0.39 is 10.0 Å². The zero-order valence-electron chi connectivity index (χ0n) is 8.21. The Morgan fingerprint density at radius 3 is 2.71 bits per heavy atom. The lowest BCUT2D eigenvalue weighted by Gasteiger charge is -2.14. The molecular weight excluding hydrogens is 204 g/mol. The first kappa shape index (κ1) is 11.0. The topological polar surface area (TPSA) is 81.2 Å². The van der Waals surface area contributed by atoms with Crippen LogP contribution in [0, 0.1) is 0 Å². The Labute approximate surface area is 83.4 Å². The van der Waals surface area contributed by atoms with Gasteiger partial charge in [-0.05, 0) is 0 Å². The monoisotopic (exact) mass is 218 g/mol. The smallest absolute Gasteiger partial charge is 0.211 e. The average Bonchev–Trinajstić information content (AvgIpc) is 2.45. The predicted octanol–water partition coefficient (Wildman–Crippen LogP) is -0.643. The fourth-order valence-corrected chi connectivity index (χ4v) is 1.36. The van der Waals surface area contributed by atoms with E-state index in [1.807, 2.05) is 0 Å². The van der Waals surface area contributed by atoms with Crippen LogP contribution in [0.4, 0.5) is 5.95 Å². The first-order valence-corrected chi connectivity index (χ1v) is 5.94. The van der Waals surface area contributed by atoms with Gasteiger partial charge < -0.3 is 10.3 Å². The molecule has 0 aromatic carbocycles. The Bertz CT molecular complexity index is 398. The van der Waals surface area contributed by atoms with Crippen molar-refractivity contribution in [3.63, 3.8) is 0 Å². The second kappa shape index (κ2) is 3.97. The van der Waals surface area contributed by atoms with E-state index in [1.165, 1.54) is 17.6 Å². The predicted molar refractivity (Wildman–Crippen MR) is 54.1 cm³/mol.